The zero-order chi connectivity index (χ0) is 28.2. The molecule has 6 nitrogen and oxygen atoms in total. The van der Waals surface area contributed by atoms with Crippen molar-refractivity contribution in [3.63, 3.8) is 0 Å². The van der Waals surface area contributed by atoms with Crippen molar-refractivity contribution >= 4 is 22.6 Å². The van der Waals surface area contributed by atoms with Crippen molar-refractivity contribution in [1.29, 1.82) is 0 Å². The standard InChI is InChI=1S/C33H41FN4O2/c1-22(2)36-32(39)31(20-25-9-12-26-5-3-4-6-27(26)17-25)37-15-16-38(29(21-37)18-23-7-8-23)33(40)30(35)19-24-10-13-28(34)14-11-24/h3-6,9-14,17,22-23,29-31H,7-8,15-16,18-21,35H2,1-2H3,(H,36,39). The van der Waals surface area contributed by atoms with Crippen LogP contribution in [-0.4, -0.2) is 65.4 Å². The van der Waals surface area contributed by atoms with Gasteiger partial charge in [0.25, 0.3) is 0 Å². The fourth-order valence-electron chi connectivity index (χ4n) is 5.92. The van der Waals surface area contributed by atoms with Gasteiger partial charge in [-0.2, -0.15) is 0 Å². The van der Waals surface area contributed by atoms with Crippen LogP contribution in [0.5, 0.6) is 0 Å². The molecule has 1 aliphatic carbocycles. The molecule has 2 aliphatic rings. The van der Waals surface area contributed by atoms with Gasteiger partial charge in [-0.1, -0.05) is 67.4 Å². The largest absolute Gasteiger partial charge is 0.353 e. The van der Waals surface area contributed by atoms with E-state index in [9.17, 15) is 14.0 Å². The van der Waals surface area contributed by atoms with Crippen LogP contribution in [0.1, 0.15) is 44.2 Å². The molecule has 1 heterocycles. The van der Waals surface area contributed by atoms with Gasteiger partial charge in [-0.15, -0.1) is 0 Å². The molecule has 1 saturated carbocycles. The molecule has 40 heavy (non-hydrogen) atoms. The molecule has 0 radical (unpaired) electrons. The zero-order valence-electron chi connectivity index (χ0n) is 23.6. The summed E-state index contributed by atoms with van der Waals surface area (Å²) in [5.41, 5.74) is 8.38. The van der Waals surface area contributed by atoms with Crippen molar-refractivity contribution in [3.8, 4) is 0 Å². The normalized spacial score (nSPS) is 19.5. The molecule has 3 unspecified atom stereocenters. The monoisotopic (exact) mass is 544 g/mol. The number of amides is 2. The Balaban J connectivity index is 1.33. The number of benzene rings is 3. The molecule has 3 atom stereocenters. The first-order valence-electron chi connectivity index (χ1n) is 14.6. The predicted octanol–water partition coefficient (Wildman–Crippen LogP) is 4.30. The summed E-state index contributed by atoms with van der Waals surface area (Å²) in [6.07, 6.45) is 4.29. The number of piperazine rings is 1. The Bertz CT molecular complexity index is 1320. The number of hydrogen-bond donors (Lipinski definition) is 2. The van der Waals surface area contributed by atoms with Crippen molar-refractivity contribution in [1.82, 2.24) is 15.1 Å². The Morgan fingerprint density at radius 2 is 1.65 bits per heavy atom. The van der Waals surface area contributed by atoms with Crippen LogP contribution in [0.25, 0.3) is 10.8 Å². The smallest absolute Gasteiger partial charge is 0.240 e. The molecule has 0 aromatic heterocycles. The number of hydrogen-bond acceptors (Lipinski definition) is 4. The van der Waals surface area contributed by atoms with E-state index in [1.807, 2.05) is 30.9 Å². The summed E-state index contributed by atoms with van der Waals surface area (Å²) >= 11 is 0. The molecule has 0 spiro atoms. The average Bonchev–Trinajstić information content (AvgIpc) is 3.76. The maximum Gasteiger partial charge on any atom is 0.240 e. The minimum atomic E-state index is -0.684. The first-order valence-corrected chi connectivity index (χ1v) is 14.6. The number of carbonyl (C=O) groups excluding carboxylic acids is 2. The Labute approximate surface area is 236 Å². The molecule has 2 fully saturated rings. The number of rotatable bonds is 10. The summed E-state index contributed by atoms with van der Waals surface area (Å²) in [4.78, 5) is 31.3. The van der Waals surface area contributed by atoms with Crippen molar-refractivity contribution in [2.24, 2.45) is 11.7 Å². The molecule has 1 aliphatic heterocycles. The van der Waals surface area contributed by atoms with Gasteiger partial charge >= 0.3 is 0 Å². The van der Waals surface area contributed by atoms with Crippen LogP contribution in [-0.2, 0) is 22.4 Å². The van der Waals surface area contributed by atoms with Crippen LogP contribution >= 0.6 is 0 Å². The highest BCUT2D eigenvalue weighted by molar-refractivity contribution is 5.85. The molecule has 212 valence electrons. The van der Waals surface area contributed by atoms with Crippen LogP contribution in [0.4, 0.5) is 4.39 Å². The van der Waals surface area contributed by atoms with E-state index in [-0.39, 0.29) is 35.8 Å². The van der Waals surface area contributed by atoms with Crippen molar-refractivity contribution in [2.75, 3.05) is 19.6 Å². The van der Waals surface area contributed by atoms with Gasteiger partial charge in [0.15, 0.2) is 0 Å². The quantitative estimate of drug-likeness (QED) is 0.399. The molecule has 0 bridgehead atoms. The highest BCUT2D eigenvalue weighted by Crippen LogP contribution is 2.36. The maximum atomic E-state index is 13.6. The van der Waals surface area contributed by atoms with Crippen LogP contribution < -0.4 is 11.1 Å². The number of nitrogens with two attached hydrogens (primary N) is 1. The first kappa shape index (κ1) is 28.2. The van der Waals surface area contributed by atoms with Gasteiger partial charge in [0.1, 0.15) is 5.82 Å². The number of nitrogens with zero attached hydrogens (tertiary/aromatic N) is 2. The van der Waals surface area contributed by atoms with E-state index < -0.39 is 6.04 Å². The number of fused-ring (bicyclic) bond motifs is 1. The lowest BCUT2D eigenvalue weighted by molar-refractivity contribution is -0.139. The average molecular weight is 545 g/mol. The summed E-state index contributed by atoms with van der Waals surface area (Å²) in [6.45, 7) is 5.77. The summed E-state index contributed by atoms with van der Waals surface area (Å²) in [5, 5.41) is 5.49. The zero-order valence-corrected chi connectivity index (χ0v) is 23.6. The molecular formula is C33H41FN4O2. The van der Waals surface area contributed by atoms with E-state index in [4.69, 9.17) is 5.73 Å². The molecule has 3 aromatic rings. The summed E-state index contributed by atoms with van der Waals surface area (Å²) < 4.78 is 13.3. The van der Waals surface area contributed by atoms with E-state index in [1.54, 1.807) is 12.1 Å². The number of halogens is 1. The van der Waals surface area contributed by atoms with E-state index in [0.29, 0.717) is 38.4 Å². The van der Waals surface area contributed by atoms with Gasteiger partial charge in [0.2, 0.25) is 11.8 Å². The second-order valence-corrected chi connectivity index (χ2v) is 11.9. The highest BCUT2D eigenvalue weighted by Gasteiger charge is 2.39. The Morgan fingerprint density at radius 1 is 0.950 bits per heavy atom. The van der Waals surface area contributed by atoms with Crippen LogP contribution in [0.15, 0.2) is 66.7 Å². The Hall–Kier alpha value is -3.29. The van der Waals surface area contributed by atoms with Crippen LogP contribution in [0.2, 0.25) is 0 Å². The van der Waals surface area contributed by atoms with E-state index in [2.05, 4.69) is 40.5 Å². The minimum Gasteiger partial charge on any atom is -0.353 e. The molecule has 1 saturated heterocycles. The molecule has 2 amide bonds. The third-order valence-corrected chi connectivity index (χ3v) is 8.20. The maximum absolute atomic E-state index is 13.6. The molecular weight excluding hydrogens is 503 g/mol. The van der Waals surface area contributed by atoms with Gasteiger partial charge in [-0.3, -0.25) is 14.5 Å². The SMILES string of the molecule is CC(C)NC(=O)C(Cc1ccc2ccccc2c1)N1CCN(C(=O)C(N)Cc2ccc(F)cc2)C(CC2CC2)C1. The number of carbonyl (C=O) groups is 2. The van der Waals surface area contributed by atoms with Crippen molar-refractivity contribution in [2.45, 2.75) is 70.1 Å². The van der Waals surface area contributed by atoms with Gasteiger partial charge < -0.3 is 16.0 Å². The van der Waals surface area contributed by atoms with Gasteiger partial charge in [-0.05, 0) is 73.1 Å². The third kappa shape index (κ3) is 7.07. The second kappa shape index (κ2) is 12.5. The molecule has 3 N–H and O–H groups in total. The van der Waals surface area contributed by atoms with Crippen LogP contribution in [0, 0.1) is 11.7 Å². The van der Waals surface area contributed by atoms with E-state index in [0.717, 1.165) is 17.5 Å². The summed E-state index contributed by atoms with van der Waals surface area (Å²) in [7, 11) is 0. The lowest BCUT2D eigenvalue weighted by Crippen LogP contribution is -2.63. The third-order valence-electron chi connectivity index (χ3n) is 8.20. The van der Waals surface area contributed by atoms with Crippen molar-refractivity contribution < 1.29 is 14.0 Å². The molecule has 3 aromatic carbocycles. The molecule has 7 heteroatoms. The van der Waals surface area contributed by atoms with Gasteiger partial charge in [0, 0.05) is 31.7 Å². The Kier molecular flexibility index (Phi) is 8.81. The summed E-state index contributed by atoms with van der Waals surface area (Å²) in [5.74, 6) is 0.287. The predicted molar refractivity (Wildman–Crippen MR) is 157 cm³/mol. The fourth-order valence-corrected chi connectivity index (χ4v) is 5.92. The lowest BCUT2D eigenvalue weighted by Gasteiger charge is -2.45. The fraction of sp³-hybridized carbons (Fsp3) is 0.455. The van der Waals surface area contributed by atoms with Gasteiger partial charge in [0.05, 0.1) is 12.1 Å². The number of nitrogens with one attached hydrogen (secondary N) is 1. The summed E-state index contributed by atoms with van der Waals surface area (Å²) in [6, 6.07) is 19.9. The molecule has 5 rings (SSSR count). The lowest BCUT2D eigenvalue weighted by atomic mass is 9.96. The van der Waals surface area contributed by atoms with Crippen LogP contribution in [0.3, 0.4) is 0 Å². The van der Waals surface area contributed by atoms with Crippen molar-refractivity contribution in [3.05, 3.63) is 83.7 Å². The minimum absolute atomic E-state index is 0.0129. The first-order chi connectivity index (χ1) is 19.3. The van der Waals surface area contributed by atoms with E-state index in [1.165, 1.54) is 35.7 Å². The van der Waals surface area contributed by atoms with Gasteiger partial charge in [-0.25, -0.2) is 4.39 Å². The highest BCUT2D eigenvalue weighted by atomic mass is 19.1. The second-order valence-electron chi connectivity index (χ2n) is 11.9. The Morgan fingerprint density at radius 3 is 2.35 bits per heavy atom. The van der Waals surface area contributed by atoms with E-state index >= 15 is 0 Å². The topological polar surface area (TPSA) is 78.7 Å².